The number of nitrogens with one attached hydrogen (secondary N) is 1. The van der Waals surface area contributed by atoms with Gasteiger partial charge in [0.25, 0.3) is 0 Å². The first-order valence-corrected chi connectivity index (χ1v) is 6.87. The van der Waals surface area contributed by atoms with Crippen LogP contribution in [-0.4, -0.2) is 6.54 Å². The first-order valence-electron chi connectivity index (χ1n) is 5.68. The van der Waals surface area contributed by atoms with E-state index in [2.05, 4.69) is 32.2 Å². The second-order valence-corrected chi connectivity index (χ2v) is 5.54. The average molecular weight is 246 g/mol. The van der Waals surface area contributed by atoms with Crippen molar-refractivity contribution in [1.82, 2.24) is 5.32 Å². The summed E-state index contributed by atoms with van der Waals surface area (Å²) in [6, 6.07) is 2.71. The summed E-state index contributed by atoms with van der Waals surface area (Å²) in [7, 11) is 0. The van der Waals surface area contributed by atoms with E-state index in [9.17, 15) is 0 Å². The van der Waals surface area contributed by atoms with Gasteiger partial charge in [0, 0.05) is 10.9 Å². The molecule has 0 fully saturated rings. The summed E-state index contributed by atoms with van der Waals surface area (Å²) < 4.78 is 0.935. The highest BCUT2D eigenvalue weighted by atomic mass is 35.5. The van der Waals surface area contributed by atoms with E-state index in [4.69, 9.17) is 11.6 Å². The van der Waals surface area contributed by atoms with Crippen LogP contribution in [0.5, 0.6) is 0 Å². The van der Waals surface area contributed by atoms with Crippen LogP contribution in [0.4, 0.5) is 0 Å². The zero-order valence-electron chi connectivity index (χ0n) is 9.77. The standard InChI is InChI=1S/C12H20ClNS/c1-4-6-7-10(14-5-2)11-8-9(3)12(13)15-11/h8,10,14H,4-7H2,1-3H3. The maximum Gasteiger partial charge on any atom is 0.0960 e. The second kappa shape index (κ2) is 6.51. The van der Waals surface area contributed by atoms with Crippen molar-refractivity contribution in [2.75, 3.05) is 6.54 Å². The molecule has 0 saturated heterocycles. The molecule has 1 unspecified atom stereocenters. The van der Waals surface area contributed by atoms with Gasteiger partial charge in [0.05, 0.1) is 4.34 Å². The lowest BCUT2D eigenvalue weighted by Gasteiger charge is -2.15. The first-order chi connectivity index (χ1) is 7.19. The fourth-order valence-corrected chi connectivity index (χ4v) is 2.98. The first kappa shape index (κ1) is 13.0. The van der Waals surface area contributed by atoms with Crippen molar-refractivity contribution < 1.29 is 0 Å². The molecule has 1 atom stereocenters. The molecule has 0 aliphatic heterocycles. The van der Waals surface area contributed by atoms with Crippen molar-refractivity contribution in [3.63, 3.8) is 0 Å². The number of hydrogen-bond acceptors (Lipinski definition) is 2. The van der Waals surface area contributed by atoms with Crippen LogP contribution in [0.1, 0.15) is 49.6 Å². The summed E-state index contributed by atoms with van der Waals surface area (Å²) in [6.07, 6.45) is 3.73. The molecular formula is C12H20ClNS. The molecule has 0 amide bonds. The molecule has 1 nitrogen and oxygen atoms in total. The third kappa shape index (κ3) is 3.78. The Bertz CT molecular complexity index is 276. The van der Waals surface area contributed by atoms with Crippen LogP contribution in [0.15, 0.2) is 6.07 Å². The van der Waals surface area contributed by atoms with E-state index in [1.54, 1.807) is 11.3 Å². The zero-order chi connectivity index (χ0) is 11.3. The van der Waals surface area contributed by atoms with Crippen LogP contribution >= 0.6 is 22.9 Å². The summed E-state index contributed by atoms with van der Waals surface area (Å²) in [6.45, 7) is 7.48. The van der Waals surface area contributed by atoms with E-state index in [-0.39, 0.29) is 0 Å². The predicted octanol–water partition coefficient (Wildman–Crippen LogP) is 4.55. The van der Waals surface area contributed by atoms with Crippen LogP contribution in [0.3, 0.4) is 0 Å². The summed E-state index contributed by atoms with van der Waals surface area (Å²) in [5.41, 5.74) is 1.20. The van der Waals surface area contributed by atoms with E-state index in [1.807, 2.05) is 0 Å². The molecular weight excluding hydrogens is 226 g/mol. The van der Waals surface area contributed by atoms with Crippen LogP contribution < -0.4 is 5.32 Å². The Balaban J connectivity index is 2.69. The molecule has 0 bridgehead atoms. The second-order valence-electron chi connectivity index (χ2n) is 3.86. The normalized spacial score (nSPS) is 13.1. The number of thiophene rings is 1. The number of hydrogen-bond donors (Lipinski definition) is 1. The van der Waals surface area contributed by atoms with Gasteiger partial charge in [0.1, 0.15) is 0 Å². The lowest BCUT2D eigenvalue weighted by Crippen LogP contribution is -2.19. The lowest BCUT2D eigenvalue weighted by molar-refractivity contribution is 0.501. The smallest absolute Gasteiger partial charge is 0.0960 e. The molecule has 0 spiro atoms. The molecule has 0 aliphatic carbocycles. The Kier molecular flexibility index (Phi) is 5.65. The van der Waals surface area contributed by atoms with E-state index < -0.39 is 0 Å². The third-order valence-electron chi connectivity index (χ3n) is 2.52. The van der Waals surface area contributed by atoms with Crippen molar-refractivity contribution in [2.24, 2.45) is 0 Å². The molecule has 1 heterocycles. The molecule has 1 aromatic heterocycles. The molecule has 1 rings (SSSR count). The Morgan fingerprint density at radius 3 is 2.67 bits per heavy atom. The van der Waals surface area contributed by atoms with E-state index in [1.165, 1.54) is 29.7 Å². The van der Waals surface area contributed by atoms with Crippen molar-refractivity contribution in [3.8, 4) is 0 Å². The topological polar surface area (TPSA) is 12.0 Å². The van der Waals surface area contributed by atoms with Gasteiger partial charge in [-0.3, -0.25) is 0 Å². The average Bonchev–Trinajstić information content (AvgIpc) is 2.54. The fourth-order valence-electron chi connectivity index (χ4n) is 1.65. The minimum absolute atomic E-state index is 0.492. The molecule has 0 aliphatic rings. The van der Waals surface area contributed by atoms with Gasteiger partial charge in [0.2, 0.25) is 0 Å². The van der Waals surface area contributed by atoms with Crippen molar-refractivity contribution >= 4 is 22.9 Å². The summed E-state index contributed by atoms with van der Waals surface area (Å²) in [5.74, 6) is 0. The fraction of sp³-hybridized carbons (Fsp3) is 0.667. The highest BCUT2D eigenvalue weighted by Crippen LogP contribution is 2.32. The van der Waals surface area contributed by atoms with Crippen LogP contribution in [-0.2, 0) is 0 Å². The number of aryl methyl sites for hydroxylation is 1. The zero-order valence-corrected chi connectivity index (χ0v) is 11.3. The van der Waals surface area contributed by atoms with E-state index in [0.717, 1.165) is 10.9 Å². The van der Waals surface area contributed by atoms with Gasteiger partial charge in [0.15, 0.2) is 0 Å². The molecule has 0 saturated carbocycles. The molecule has 0 aromatic carbocycles. The molecule has 0 radical (unpaired) electrons. The highest BCUT2D eigenvalue weighted by Gasteiger charge is 2.13. The minimum Gasteiger partial charge on any atom is -0.310 e. The van der Waals surface area contributed by atoms with Crippen LogP contribution in [0, 0.1) is 6.92 Å². The number of unbranched alkanes of at least 4 members (excludes halogenated alkanes) is 1. The van der Waals surface area contributed by atoms with Gasteiger partial charge in [-0.2, -0.15) is 0 Å². The minimum atomic E-state index is 0.492. The summed E-state index contributed by atoms with van der Waals surface area (Å²) in [4.78, 5) is 1.38. The lowest BCUT2D eigenvalue weighted by atomic mass is 10.1. The Labute approximate surface area is 102 Å². The van der Waals surface area contributed by atoms with E-state index in [0.29, 0.717) is 6.04 Å². The van der Waals surface area contributed by atoms with Crippen molar-refractivity contribution in [2.45, 2.75) is 46.1 Å². The maximum atomic E-state index is 6.10. The van der Waals surface area contributed by atoms with Gasteiger partial charge >= 0.3 is 0 Å². The van der Waals surface area contributed by atoms with Gasteiger partial charge in [-0.1, -0.05) is 38.3 Å². The van der Waals surface area contributed by atoms with Crippen molar-refractivity contribution in [3.05, 3.63) is 20.8 Å². The monoisotopic (exact) mass is 245 g/mol. The maximum absolute atomic E-state index is 6.10. The summed E-state index contributed by atoms with van der Waals surface area (Å²) >= 11 is 7.81. The SMILES string of the molecule is CCCCC(NCC)c1cc(C)c(Cl)s1. The molecule has 1 aromatic rings. The largest absolute Gasteiger partial charge is 0.310 e. The predicted molar refractivity (Wildman–Crippen MR) is 70.0 cm³/mol. The Hall–Kier alpha value is -0.0500. The van der Waals surface area contributed by atoms with E-state index >= 15 is 0 Å². The van der Waals surface area contributed by atoms with Gasteiger partial charge in [-0.25, -0.2) is 0 Å². The molecule has 15 heavy (non-hydrogen) atoms. The molecule has 3 heteroatoms. The molecule has 1 N–H and O–H groups in total. The van der Waals surface area contributed by atoms with Gasteiger partial charge in [-0.15, -0.1) is 11.3 Å². The summed E-state index contributed by atoms with van der Waals surface area (Å²) in [5, 5.41) is 3.53. The van der Waals surface area contributed by atoms with Crippen LogP contribution in [0.25, 0.3) is 0 Å². The van der Waals surface area contributed by atoms with Crippen molar-refractivity contribution in [1.29, 1.82) is 0 Å². The highest BCUT2D eigenvalue weighted by molar-refractivity contribution is 7.16. The number of rotatable bonds is 6. The van der Waals surface area contributed by atoms with Crippen LogP contribution in [0.2, 0.25) is 4.34 Å². The van der Waals surface area contributed by atoms with Gasteiger partial charge < -0.3 is 5.32 Å². The third-order valence-corrected chi connectivity index (χ3v) is 4.19. The Morgan fingerprint density at radius 1 is 1.47 bits per heavy atom. The number of halogens is 1. The molecule has 86 valence electrons. The van der Waals surface area contributed by atoms with Gasteiger partial charge in [-0.05, 0) is 31.5 Å². The quantitative estimate of drug-likeness (QED) is 0.775. The Morgan fingerprint density at radius 2 is 2.20 bits per heavy atom.